The molecule has 6 nitrogen and oxygen atoms in total. The number of imide groups is 1. The van der Waals surface area contributed by atoms with Gasteiger partial charge in [-0.05, 0) is 52.2 Å². The minimum Gasteiger partial charge on any atom is -0.443 e. The Morgan fingerprint density at radius 1 is 1.24 bits per heavy atom. The second kappa shape index (κ2) is 7.51. The van der Waals surface area contributed by atoms with Gasteiger partial charge in [-0.2, -0.15) is 0 Å². The first kappa shape index (κ1) is 18.7. The largest absolute Gasteiger partial charge is 0.443 e. The van der Waals surface area contributed by atoms with Crippen molar-refractivity contribution in [1.82, 2.24) is 5.32 Å². The highest BCUT2D eigenvalue weighted by Gasteiger charge is 2.33. The molecule has 0 aliphatic carbocycles. The molecule has 2 rings (SSSR count). The van der Waals surface area contributed by atoms with Gasteiger partial charge in [0.25, 0.3) is 11.8 Å². The molecular formula is C19H24N2O4. The molecule has 0 spiro atoms. The monoisotopic (exact) mass is 344 g/mol. The molecule has 0 unspecified atom stereocenters. The number of carbonyl (C=O) groups excluding carboxylic acids is 3. The number of anilines is 1. The van der Waals surface area contributed by atoms with Gasteiger partial charge in [0.15, 0.2) is 0 Å². The predicted molar refractivity (Wildman–Crippen MR) is 95.9 cm³/mol. The van der Waals surface area contributed by atoms with E-state index >= 15 is 0 Å². The van der Waals surface area contributed by atoms with Crippen LogP contribution >= 0.6 is 0 Å². The SMILES string of the molecule is C=CCCCCN(C(=O)OC(C)(C)C)c1cccc2c1C(=O)NC2=O. The van der Waals surface area contributed by atoms with E-state index < -0.39 is 23.5 Å². The average Bonchev–Trinajstić information content (AvgIpc) is 2.81. The fourth-order valence-electron chi connectivity index (χ4n) is 2.61. The van der Waals surface area contributed by atoms with Gasteiger partial charge in [0.2, 0.25) is 0 Å². The van der Waals surface area contributed by atoms with Gasteiger partial charge >= 0.3 is 6.09 Å². The topological polar surface area (TPSA) is 75.7 Å². The Labute approximate surface area is 147 Å². The quantitative estimate of drug-likeness (QED) is 0.485. The van der Waals surface area contributed by atoms with E-state index in [1.807, 2.05) is 6.08 Å². The Morgan fingerprint density at radius 2 is 1.96 bits per heavy atom. The van der Waals surface area contributed by atoms with Crippen LogP contribution in [0.15, 0.2) is 30.9 Å². The van der Waals surface area contributed by atoms with Crippen LogP contribution in [0, 0.1) is 0 Å². The van der Waals surface area contributed by atoms with Gasteiger partial charge in [-0.1, -0.05) is 12.1 Å². The summed E-state index contributed by atoms with van der Waals surface area (Å²) in [4.78, 5) is 38.1. The third-order valence-corrected chi connectivity index (χ3v) is 3.69. The van der Waals surface area contributed by atoms with Crippen LogP contribution < -0.4 is 10.2 Å². The summed E-state index contributed by atoms with van der Waals surface area (Å²) in [5.74, 6) is -0.937. The van der Waals surface area contributed by atoms with Gasteiger partial charge in [0, 0.05) is 6.54 Å². The van der Waals surface area contributed by atoms with Crippen molar-refractivity contribution in [2.75, 3.05) is 11.4 Å². The second-order valence-electron chi connectivity index (χ2n) is 6.90. The molecular weight excluding hydrogens is 320 g/mol. The van der Waals surface area contributed by atoms with E-state index in [9.17, 15) is 14.4 Å². The number of ether oxygens (including phenoxy) is 1. The summed E-state index contributed by atoms with van der Waals surface area (Å²) >= 11 is 0. The number of carbonyl (C=O) groups is 3. The van der Waals surface area contributed by atoms with Crippen molar-refractivity contribution in [2.45, 2.75) is 45.6 Å². The fourth-order valence-corrected chi connectivity index (χ4v) is 2.61. The lowest BCUT2D eigenvalue weighted by molar-refractivity contribution is 0.0579. The fraction of sp³-hybridized carbons (Fsp3) is 0.421. The number of fused-ring (bicyclic) bond motifs is 1. The highest BCUT2D eigenvalue weighted by atomic mass is 16.6. The number of benzene rings is 1. The van der Waals surface area contributed by atoms with E-state index in [2.05, 4.69) is 11.9 Å². The van der Waals surface area contributed by atoms with Crippen molar-refractivity contribution in [1.29, 1.82) is 0 Å². The Kier molecular flexibility index (Phi) is 5.62. The molecule has 0 radical (unpaired) electrons. The average molecular weight is 344 g/mol. The summed E-state index contributed by atoms with van der Waals surface area (Å²) in [6, 6.07) is 4.89. The number of nitrogens with one attached hydrogen (secondary N) is 1. The number of hydrogen-bond acceptors (Lipinski definition) is 4. The molecule has 0 saturated carbocycles. The van der Waals surface area contributed by atoms with Crippen molar-refractivity contribution in [3.8, 4) is 0 Å². The third-order valence-electron chi connectivity index (χ3n) is 3.69. The summed E-state index contributed by atoms with van der Waals surface area (Å²) in [6.07, 6.45) is 3.72. The number of nitrogens with zero attached hydrogens (tertiary/aromatic N) is 1. The molecule has 0 bridgehead atoms. The van der Waals surface area contributed by atoms with Crippen LogP contribution in [0.4, 0.5) is 10.5 Å². The number of unbranched alkanes of at least 4 members (excludes halogenated alkanes) is 2. The van der Waals surface area contributed by atoms with Crippen LogP contribution in [0.25, 0.3) is 0 Å². The van der Waals surface area contributed by atoms with E-state index in [4.69, 9.17) is 4.74 Å². The number of amides is 3. The van der Waals surface area contributed by atoms with Gasteiger partial charge < -0.3 is 4.74 Å². The van der Waals surface area contributed by atoms with Gasteiger partial charge in [-0.3, -0.25) is 19.8 Å². The lowest BCUT2D eigenvalue weighted by Crippen LogP contribution is -2.38. The van der Waals surface area contributed by atoms with Crippen LogP contribution in [0.5, 0.6) is 0 Å². The Hall–Kier alpha value is -2.63. The number of rotatable bonds is 6. The minimum atomic E-state index is -0.660. The normalized spacial score (nSPS) is 13.2. The van der Waals surface area contributed by atoms with E-state index in [1.165, 1.54) is 4.90 Å². The first-order valence-electron chi connectivity index (χ1n) is 8.34. The molecule has 3 amide bonds. The van der Waals surface area contributed by atoms with Crippen molar-refractivity contribution in [3.05, 3.63) is 42.0 Å². The van der Waals surface area contributed by atoms with Crippen molar-refractivity contribution in [2.24, 2.45) is 0 Å². The summed E-state index contributed by atoms with van der Waals surface area (Å²) in [7, 11) is 0. The van der Waals surface area contributed by atoms with Gasteiger partial charge in [0.1, 0.15) is 5.60 Å². The summed E-state index contributed by atoms with van der Waals surface area (Å²) < 4.78 is 5.48. The Bertz CT molecular complexity index is 704. The Balaban J connectivity index is 2.35. The highest BCUT2D eigenvalue weighted by molar-refractivity contribution is 6.24. The van der Waals surface area contributed by atoms with Crippen LogP contribution in [0.1, 0.15) is 60.7 Å². The zero-order chi connectivity index (χ0) is 18.6. The van der Waals surface area contributed by atoms with E-state index in [0.29, 0.717) is 12.2 Å². The van der Waals surface area contributed by atoms with Crippen molar-refractivity contribution in [3.63, 3.8) is 0 Å². The third kappa shape index (κ3) is 4.47. The molecule has 1 aromatic rings. The first-order chi connectivity index (χ1) is 11.7. The van der Waals surface area contributed by atoms with Crippen LogP contribution in [0.3, 0.4) is 0 Å². The summed E-state index contributed by atoms with van der Waals surface area (Å²) in [5, 5.41) is 2.27. The molecule has 25 heavy (non-hydrogen) atoms. The van der Waals surface area contributed by atoms with E-state index in [1.54, 1.807) is 39.0 Å². The summed E-state index contributed by atoms with van der Waals surface area (Å²) in [6.45, 7) is 9.43. The molecule has 1 N–H and O–H groups in total. The van der Waals surface area contributed by atoms with Crippen LogP contribution in [0.2, 0.25) is 0 Å². The smallest absolute Gasteiger partial charge is 0.414 e. The molecule has 1 heterocycles. The molecule has 6 heteroatoms. The number of hydrogen-bond donors (Lipinski definition) is 1. The molecule has 0 saturated heterocycles. The predicted octanol–water partition coefficient (Wildman–Crippen LogP) is 3.67. The van der Waals surface area contributed by atoms with Crippen LogP contribution in [-0.2, 0) is 4.74 Å². The molecule has 134 valence electrons. The van der Waals surface area contributed by atoms with E-state index in [0.717, 1.165) is 19.3 Å². The molecule has 1 aromatic carbocycles. The van der Waals surface area contributed by atoms with Crippen molar-refractivity contribution < 1.29 is 19.1 Å². The maximum Gasteiger partial charge on any atom is 0.414 e. The van der Waals surface area contributed by atoms with Gasteiger partial charge in [0.05, 0.1) is 16.8 Å². The molecule has 0 fully saturated rings. The standard InChI is InChI=1S/C19H24N2O4/c1-5-6-7-8-12-21(18(24)25-19(2,3)4)14-11-9-10-13-15(14)17(23)20-16(13)22/h5,9-11H,1,6-8,12H2,2-4H3,(H,20,22,23). The maximum atomic E-state index is 12.7. The molecule has 0 atom stereocenters. The lowest BCUT2D eigenvalue weighted by Gasteiger charge is -2.28. The lowest BCUT2D eigenvalue weighted by atomic mass is 10.1. The zero-order valence-corrected chi connectivity index (χ0v) is 14.9. The van der Waals surface area contributed by atoms with Gasteiger partial charge in [-0.15, -0.1) is 6.58 Å². The van der Waals surface area contributed by atoms with Gasteiger partial charge in [-0.25, -0.2) is 4.79 Å². The highest BCUT2D eigenvalue weighted by Crippen LogP contribution is 2.29. The number of allylic oxidation sites excluding steroid dienone is 1. The van der Waals surface area contributed by atoms with Crippen molar-refractivity contribution >= 4 is 23.6 Å². The second-order valence-corrected chi connectivity index (χ2v) is 6.90. The van der Waals surface area contributed by atoms with E-state index in [-0.39, 0.29) is 11.1 Å². The maximum absolute atomic E-state index is 12.7. The summed E-state index contributed by atoms with van der Waals surface area (Å²) in [5.41, 5.74) is 0.241. The minimum absolute atomic E-state index is 0.224. The first-order valence-corrected chi connectivity index (χ1v) is 8.34. The Morgan fingerprint density at radius 3 is 2.60 bits per heavy atom. The molecule has 0 aromatic heterocycles. The molecule has 1 aliphatic rings. The van der Waals surface area contributed by atoms with Crippen LogP contribution in [-0.4, -0.2) is 30.1 Å². The zero-order valence-electron chi connectivity index (χ0n) is 14.9. The molecule has 1 aliphatic heterocycles.